The van der Waals surface area contributed by atoms with Crippen LogP contribution in [0.5, 0.6) is 0 Å². The first-order valence-corrected chi connectivity index (χ1v) is 4.23. The first kappa shape index (κ1) is 9.83. The van der Waals surface area contributed by atoms with Gasteiger partial charge in [-0.25, -0.2) is 0 Å². The van der Waals surface area contributed by atoms with Crippen molar-refractivity contribution in [1.82, 2.24) is 0 Å². The third kappa shape index (κ3) is 2.11. The van der Waals surface area contributed by atoms with Crippen LogP contribution >= 0.6 is 0 Å². The maximum Gasteiger partial charge on any atom is 0.0788 e. The highest BCUT2D eigenvalue weighted by atomic mass is 16.3. The number of nitrogen functional groups attached to an aromatic ring is 2. The summed E-state index contributed by atoms with van der Waals surface area (Å²) in [4.78, 5) is 0. The molecule has 0 saturated carbocycles. The van der Waals surface area contributed by atoms with E-state index in [0.717, 1.165) is 5.56 Å². The maximum atomic E-state index is 9.51. The topological polar surface area (TPSA) is 84.3 Å². The van der Waals surface area contributed by atoms with Crippen LogP contribution in [-0.2, 0) is 0 Å². The lowest BCUT2D eigenvalue weighted by Crippen LogP contribution is -2.09. The van der Waals surface area contributed by atoms with E-state index in [1.165, 1.54) is 0 Å². The average molecular weight is 181 g/mol. The van der Waals surface area contributed by atoms with Gasteiger partial charge in [0, 0.05) is 0 Å². The fourth-order valence-electron chi connectivity index (χ4n) is 1.16. The third-order valence-electron chi connectivity index (χ3n) is 2.00. The molecule has 0 radical (unpaired) electrons. The van der Waals surface area contributed by atoms with Crippen LogP contribution in [-0.4, -0.2) is 5.11 Å². The fourth-order valence-corrected chi connectivity index (χ4v) is 1.16. The molecule has 0 fully saturated rings. The van der Waals surface area contributed by atoms with Crippen molar-refractivity contribution >= 4 is 11.4 Å². The molecule has 13 heavy (non-hydrogen) atoms. The Morgan fingerprint density at radius 2 is 2.23 bits per heavy atom. The van der Waals surface area contributed by atoms with Gasteiger partial charge in [-0.05, 0) is 24.1 Å². The van der Waals surface area contributed by atoms with E-state index in [1.54, 1.807) is 18.2 Å². The number of nitrogens with two attached hydrogens (primary N) is 2. The standard InChI is InChI=1S/C9H15N3O/c1-2-9(13)6-3-4-8(12-11)7(10)5-6/h3-5,9,12-13H,2,10-11H2,1H3. The molecule has 4 heteroatoms. The Balaban J connectivity index is 2.95. The summed E-state index contributed by atoms with van der Waals surface area (Å²) in [6.45, 7) is 1.91. The molecule has 0 spiro atoms. The molecular formula is C9H15N3O. The Labute approximate surface area is 77.5 Å². The molecule has 1 atom stereocenters. The lowest BCUT2D eigenvalue weighted by Gasteiger charge is -2.11. The Kier molecular flexibility index (Phi) is 3.11. The van der Waals surface area contributed by atoms with E-state index < -0.39 is 6.10 Å². The number of hydrogen-bond acceptors (Lipinski definition) is 4. The second-order valence-corrected chi connectivity index (χ2v) is 2.92. The number of aliphatic hydroxyl groups is 1. The van der Waals surface area contributed by atoms with E-state index in [2.05, 4.69) is 5.43 Å². The van der Waals surface area contributed by atoms with Gasteiger partial charge < -0.3 is 16.3 Å². The number of aliphatic hydroxyl groups excluding tert-OH is 1. The van der Waals surface area contributed by atoms with Crippen LogP contribution in [0.1, 0.15) is 25.0 Å². The van der Waals surface area contributed by atoms with Gasteiger partial charge in [-0.1, -0.05) is 13.0 Å². The number of rotatable bonds is 3. The van der Waals surface area contributed by atoms with E-state index in [9.17, 15) is 5.11 Å². The van der Waals surface area contributed by atoms with Crippen molar-refractivity contribution < 1.29 is 5.11 Å². The molecule has 0 saturated heterocycles. The summed E-state index contributed by atoms with van der Waals surface area (Å²) < 4.78 is 0. The first-order valence-electron chi connectivity index (χ1n) is 4.23. The van der Waals surface area contributed by atoms with Crippen molar-refractivity contribution in [3.8, 4) is 0 Å². The number of anilines is 2. The van der Waals surface area contributed by atoms with Crippen LogP contribution in [0.3, 0.4) is 0 Å². The molecule has 1 unspecified atom stereocenters. The van der Waals surface area contributed by atoms with Gasteiger partial charge >= 0.3 is 0 Å². The monoisotopic (exact) mass is 181 g/mol. The summed E-state index contributed by atoms with van der Waals surface area (Å²) >= 11 is 0. The average Bonchev–Trinajstić information content (AvgIpc) is 2.16. The van der Waals surface area contributed by atoms with Crippen LogP contribution < -0.4 is 17.0 Å². The van der Waals surface area contributed by atoms with Crippen molar-refractivity contribution in [3.63, 3.8) is 0 Å². The molecule has 0 aliphatic carbocycles. The van der Waals surface area contributed by atoms with Gasteiger partial charge in [0.05, 0.1) is 17.5 Å². The molecular weight excluding hydrogens is 166 g/mol. The number of hydrogen-bond donors (Lipinski definition) is 4. The van der Waals surface area contributed by atoms with Crippen LogP contribution in [0, 0.1) is 0 Å². The van der Waals surface area contributed by atoms with Crippen LogP contribution in [0.25, 0.3) is 0 Å². The van der Waals surface area contributed by atoms with Gasteiger partial charge in [-0.3, -0.25) is 5.84 Å². The summed E-state index contributed by atoms with van der Waals surface area (Å²) in [6, 6.07) is 5.28. The number of nitrogens with one attached hydrogen (secondary N) is 1. The SMILES string of the molecule is CCC(O)c1ccc(NN)c(N)c1. The zero-order chi connectivity index (χ0) is 9.84. The van der Waals surface area contributed by atoms with Gasteiger partial charge in [0.15, 0.2) is 0 Å². The Morgan fingerprint density at radius 3 is 2.69 bits per heavy atom. The minimum Gasteiger partial charge on any atom is -0.397 e. The second-order valence-electron chi connectivity index (χ2n) is 2.92. The van der Waals surface area contributed by atoms with Crippen molar-refractivity contribution in [2.75, 3.05) is 11.2 Å². The third-order valence-corrected chi connectivity index (χ3v) is 2.00. The van der Waals surface area contributed by atoms with Gasteiger partial charge in [0.1, 0.15) is 0 Å². The molecule has 0 heterocycles. The maximum absolute atomic E-state index is 9.51. The predicted octanol–water partition coefficient (Wildman–Crippen LogP) is 0.998. The minimum atomic E-state index is -0.450. The van der Waals surface area contributed by atoms with Gasteiger partial charge in [0.25, 0.3) is 0 Å². The molecule has 1 rings (SSSR count). The zero-order valence-electron chi connectivity index (χ0n) is 7.62. The van der Waals surface area contributed by atoms with E-state index in [1.807, 2.05) is 6.92 Å². The molecule has 0 aromatic heterocycles. The van der Waals surface area contributed by atoms with E-state index in [0.29, 0.717) is 17.8 Å². The van der Waals surface area contributed by atoms with E-state index in [-0.39, 0.29) is 0 Å². The Bertz CT molecular complexity index is 288. The van der Waals surface area contributed by atoms with Crippen molar-refractivity contribution in [2.24, 2.45) is 5.84 Å². The molecule has 72 valence electrons. The van der Waals surface area contributed by atoms with Crippen molar-refractivity contribution in [3.05, 3.63) is 23.8 Å². The van der Waals surface area contributed by atoms with Gasteiger partial charge in [-0.2, -0.15) is 0 Å². The van der Waals surface area contributed by atoms with Crippen LogP contribution in [0.2, 0.25) is 0 Å². The normalized spacial score (nSPS) is 12.5. The molecule has 1 aromatic carbocycles. The summed E-state index contributed by atoms with van der Waals surface area (Å²) in [5, 5.41) is 9.51. The predicted molar refractivity (Wildman–Crippen MR) is 53.9 cm³/mol. The minimum absolute atomic E-state index is 0.450. The molecule has 0 aliphatic rings. The molecule has 0 bridgehead atoms. The van der Waals surface area contributed by atoms with Crippen molar-refractivity contribution in [1.29, 1.82) is 0 Å². The summed E-state index contributed by atoms with van der Waals surface area (Å²) in [5.41, 5.74) is 10.2. The Morgan fingerprint density at radius 1 is 1.54 bits per heavy atom. The highest BCUT2D eigenvalue weighted by Crippen LogP contribution is 2.23. The highest BCUT2D eigenvalue weighted by Gasteiger charge is 2.06. The fraction of sp³-hybridized carbons (Fsp3) is 0.333. The highest BCUT2D eigenvalue weighted by molar-refractivity contribution is 5.66. The lowest BCUT2D eigenvalue weighted by atomic mass is 10.1. The van der Waals surface area contributed by atoms with Gasteiger partial charge in [-0.15, -0.1) is 0 Å². The molecule has 6 N–H and O–H groups in total. The molecule has 4 nitrogen and oxygen atoms in total. The molecule has 1 aromatic rings. The summed E-state index contributed by atoms with van der Waals surface area (Å²) in [5.74, 6) is 5.22. The lowest BCUT2D eigenvalue weighted by molar-refractivity contribution is 0.174. The number of benzene rings is 1. The summed E-state index contributed by atoms with van der Waals surface area (Å²) in [7, 11) is 0. The largest absolute Gasteiger partial charge is 0.397 e. The van der Waals surface area contributed by atoms with Crippen LogP contribution in [0.4, 0.5) is 11.4 Å². The quantitative estimate of drug-likeness (QED) is 0.318. The van der Waals surface area contributed by atoms with Crippen LogP contribution in [0.15, 0.2) is 18.2 Å². The summed E-state index contributed by atoms with van der Waals surface area (Å²) in [6.07, 6.45) is 0.226. The zero-order valence-corrected chi connectivity index (χ0v) is 7.62. The second kappa shape index (κ2) is 4.11. The van der Waals surface area contributed by atoms with E-state index >= 15 is 0 Å². The van der Waals surface area contributed by atoms with Gasteiger partial charge in [0.2, 0.25) is 0 Å². The van der Waals surface area contributed by atoms with Crippen molar-refractivity contribution in [2.45, 2.75) is 19.4 Å². The molecule has 0 amide bonds. The van der Waals surface area contributed by atoms with E-state index in [4.69, 9.17) is 11.6 Å². The Hall–Kier alpha value is -1.26. The first-order chi connectivity index (χ1) is 6.19. The smallest absolute Gasteiger partial charge is 0.0788 e. The number of hydrazine groups is 1. The molecule has 0 aliphatic heterocycles.